The molecular weight excluding hydrogens is 380 g/mol. The first-order valence-electron chi connectivity index (χ1n) is 9.14. The first kappa shape index (κ1) is 18.8. The molecule has 0 atom stereocenters. The Morgan fingerprint density at radius 3 is 2.41 bits per heavy atom. The van der Waals surface area contributed by atoms with Crippen molar-refractivity contribution in [1.82, 2.24) is 0 Å². The maximum Gasteiger partial charge on any atom is 0.337 e. The highest BCUT2D eigenvalue weighted by Gasteiger charge is 2.09. The van der Waals surface area contributed by atoms with Crippen LogP contribution in [0.1, 0.15) is 21.5 Å². The van der Waals surface area contributed by atoms with E-state index in [1.54, 1.807) is 18.2 Å². The topological polar surface area (TPSA) is 43.4 Å². The Labute approximate surface area is 172 Å². The number of carbonyl (C=O) groups excluding carboxylic acids is 1. The Morgan fingerprint density at radius 1 is 0.897 bits per heavy atom. The lowest BCUT2D eigenvalue weighted by Gasteiger charge is -2.09. The molecule has 3 aromatic carbocycles. The number of fused-ring (bicyclic) bond motifs is 1. The largest absolute Gasteiger partial charge is 0.465 e. The molecule has 142 valence electrons. The van der Waals surface area contributed by atoms with Gasteiger partial charge >= 0.3 is 5.97 Å². The molecule has 0 aliphatic heterocycles. The summed E-state index contributed by atoms with van der Waals surface area (Å²) >= 11 is 1.26. The number of rotatable bonds is 4. The fourth-order valence-electron chi connectivity index (χ4n) is 3.23. The lowest BCUT2D eigenvalue weighted by atomic mass is 10.0. The average Bonchev–Trinajstić information content (AvgIpc) is 2.77. The fraction of sp³-hybridized carbons (Fsp3) is 0.0400. The molecular formula is C25H18O3S. The van der Waals surface area contributed by atoms with E-state index in [0.29, 0.717) is 5.56 Å². The third-order valence-electron chi connectivity index (χ3n) is 4.67. The molecule has 4 aromatic rings. The van der Waals surface area contributed by atoms with Gasteiger partial charge in [0, 0.05) is 10.9 Å². The molecule has 0 unspecified atom stereocenters. The van der Waals surface area contributed by atoms with Crippen molar-refractivity contribution < 1.29 is 9.53 Å². The van der Waals surface area contributed by atoms with E-state index in [4.69, 9.17) is 4.74 Å². The molecule has 0 saturated heterocycles. The van der Waals surface area contributed by atoms with E-state index in [0.717, 1.165) is 32.3 Å². The SMILES string of the molecule is COC(=O)c1ccc(/C=C/c2ccccc2-c2sc(=O)cc3ccccc23)cc1. The molecule has 1 aromatic heterocycles. The molecule has 0 aliphatic rings. The number of ether oxygens (including phenoxy) is 1. The quantitative estimate of drug-likeness (QED) is 0.318. The predicted molar refractivity (Wildman–Crippen MR) is 120 cm³/mol. The smallest absolute Gasteiger partial charge is 0.337 e. The standard InChI is InChI=1S/C25H18O3S/c1-28-25(27)19-14-11-17(12-15-19)10-13-18-6-2-4-8-21(18)24-22-9-5-3-7-20(22)16-23(26)29-24/h2-16H,1H3/b13-10+. The summed E-state index contributed by atoms with van der Waals surface area (Å²) in [5.74, 6) is -0.350. The van der Waals surface area contributed by atoms with Gasteiger partial charge < -0.3 is 4.74 Å². The molecule has 0 spiro atoms. The van der Waals surface area contributed by atoms with Crippen LogP contribution in [0.15, 0.2) is 83.7 Å². The van der Waals surface area contributed by atoms with Crippen molar-refractivity contribution in [2.45, 2.75) is 0 Å². The van der Waals surface area contributed by atoms with E-state index in [-0.39, 0.29) is 10.7 Å². The Bertz CT molecular complexity index is 1270. The minimum atomic E-state index is -0.350. The second-order valence-electron chi connectivity index (χ2n) is 6.52. The Hall–Kier alpha value is -3.50. The van der Waals surface area contributed by atoms with Crippen molar-refractivity contribution >= 4 is 40.2 Å². The molecule has 4 heteroatoms. The van der Waals surface area contributed by atoms with Gasteiger partial charge in [0.05, 0.1) is 12.7 Å². The van der Waals surface area contributed by atoms with Crippen molar-refractivity contribution in [3.8, 4) is 10.4 Å². The lowest BCUT2D eigenvalue weighted by Crippen LogP contribution is -2.00. The zero-order valence-electron chi connectivity index (χ0n) is 15.8. The van der Waals surface area contributed by atoms with Gasteiger partial charge in [-0.3, -0.25) is 4.79 Å². The van der Waals surface area contributed by atoms with Crippen molar-refractivity contribution in [2.24, 2.45) is 0 Å². The van der Waals surface area contributed by atoms with Gasteiger partial charge in [0.2, 0.25) is 4.74 Å². The van der Waals surface area contributed by atoms with Crippen LogP contribution in [0.3, 0.4) is 0 Å². The van der Waals surface area contributed by atoms with Crippen LogP contribution in [0.5, 0.6) is 0 Å². The molecule has 0 N–H and O–H groups in total. The summed E-state index contributed by atoms with van der Waals surface area (Å²) in [7, 11) is 1.37. The molecule has 1 heterocycles. The van der Waals surface area contributed by atoms with E-state index in [2.05, 4.69) is 0 Å². The zero-order valence-corrected chi connectivity index (χ0v) is 16.6. The lowest BCUT2D eigenvalue weighted by molar-refractivity contribution is 0.0600. The van der Waals surface area contributed by atoms with Crippen LogP contribution < -0.4 is 4.74 Å². The highest BCUT2D eigenvalue weighted by molar-refractivity contribution is 7.13. The van der Waals surface area contributed by atoms with Gasteiger partial charge in [0.15, 0.2) is 0 Å². The van der Waals surface area contributed by atoms with Crippen molar-refractivity contribution in [1.29, 1.82) is 0 Å². The van der Waals surface area contributed by atoms with Gasteiger partial charge in [-0.15, -0.1) is 0 Å². The van der Waals surface area contributed by atoms with Gasteiger partial charge in [0.25, 0.3) is 0 Å². The Balaban J connectivity index is 1.74. The number of methoxy groups -OCH3 is 1. The second kappa shape index (κ2) is 8.25. The van der Waals surface area contributed by atoms with Crippen LogP contribution in [-0.2, 0) is 4.74 Å². The first-order chi connectivity index (χ1) is 14.2. The van der Waals surface area contributed by atoms with Gasteiger partial charge in [0.1, 0.15) is 0 Å². The number of carbonyl (C=O) groups is 1. The maximum atomic E-state index is 12.2. The monoisotopic (exact) mass is 398 g/mol. The van der Waals surface area contributed by atoms with E-state index in [1.807, 2.05) is 72.8 Å². The average molecular weight is 398 g/mol. The van der Waals surface area contributed by atoms with E-state index in [1.165, 1.54) is 18.4 Å². The summed E-state index contributed by atoms with van der Waals surface area (Å²) in [6.07, 6.45) is 4.02. The van der Waals surface area contributed by atoms with Gasteiger partial charge in [-0.1, -0.05) is 84.2 Å². The molecule has 0 aliphatic carbocycles. The molecule has 4 rings (SSSR count). The highest BCUT2D eigenvalue weighted by Crippen LogP contribution is 2.33. The zero-order chi connectivity index (χ0) is 20.2. The van der Waals surface area contributed by atoms with Crippen LogP contribution >= 0.6 is 11.3 Å². The molecule has 0 bridgehead atoms. The van der Waals surface area contributed by atoms with Crippen LogP contribution in [0, 0.1) is 0 Å². The third-order valence-corrected chi connectivity index (χ3v) is 5.64. The third kappa shape index (κ3) is 4.03. The molecule has 0 saturated carbocycles. The predicted octanol–water partition coefficient (Wildman–Crippen LogP) is 5.89. The molecule has 0 amide bonds. The molecule has 0 radical (unpaired) electrons. The Morgan fingerprint density at radius 2 is 1.62 bits per heavy atom. The van der Waals surface area contributed by atoms with Crippen molar-refractivity contribution in [3.63, 3.8) is 0 Å². The summed E-state index contributed by atoms with van der Waals surface area (Å²) < 4.78 is 4.77. The number of esters is 1. The van der Waals surface area contributed by atoms with Gasteiger partial charge in [-0.2, -0.15) is 0 Å². The normalized spacial score (nSPS) is 11.1. The minimum Gasteiger partial charge on any atom is -0.465 e. The van der Waals surface area contributed by atoms with E-state index >= 15 is 0 Å². The Kier molecular flexibility index (Phi) is 5.36. The van der Waals surface area contributed by atoms with Crippen LogP contribution in [0.4, 0.5) is 0 Å². The highest BCUT2D eigenvalue weighted by atomic mass is 32.1. The van der Waals surface area contributed by atoms with Crippen molar-refractivity contribution in [2.75, 3.05) is 7.11 Å². The first-order valence-corrected chi connectivity index (χ1v) is 9.96. The van der Waals surface area contributed by atoms with E-state index < -0.39 is 0 Å². The van der Waals surface area contributed by atoms with E-state index in [9.17, 15) is 9.59 Å². The minimum absolute atomic E-state index is 0.0379. The number of hydrogen-bond donors (Lipinski definition) is 0. The molecule has 3 nitrogen and oxygen atoms in total. The number of hydrogen-bond acceptors (Lipinski definition) is 4. The van der Waals surface area contributed by atoms with Crippen LogP contribution in [0.25, 0.3) is 33.4 Å². The summed E-state index contributed by atoms with van der Waals surface area (Å²) in [5, 5.41) is 2.02. The number of benzene rings is 3. The van der Waals surface area contributed by atoms with Gasteiger partial charge in [-0.25, -0.2) is 4.79 Å². The van der Waals surface area contributed by atoms with Crippen molar-refractivity contribution in [3.05, 3.63) is 105 Å². The summed E-state index contributed by atoms with van der Waals surface area (Å²) in [5.41, 5.74) is 3.54. The van der Waals surface area contributed by atoms with Crippen LogP contribution in [0.2, 0.25) is 0 Å². The maximum absolute atomic E-state index is 12.2. The summed E-state index contributed by atoms with van der Waals surface area (Å²) in [6.45, 7) is 0. The summed E-state index contributed by atoms with van der Waals surface area (Å²) in [6, 6.07) is 24.9. The van der Waals surface area contributed by atoms with Gasteiger partial charge in [-0.05, 0) is 39.6 Å². The molecule has 29 heavy (non-hydrogen) atoms. The molecule has 0 fully saturated rings. The second-order valence-corrected chi connectivity index (χ2v) is 7.53. The van der Waals surface area contributed by atoms with Crippen LogP contribution in [-0.4, -0.2) is 13.1 Å². The fourth-order valence-corrected chi connectivity index (χ4v) is 4.20. The summed E-state index contributed by atoms with van der Waals surface area (Å²) in [4.78, 5) is 24.8.